The quantitative estimate of drug-likeness (QED) is 0.303. The Morgan fingerprint density at radius 1 is 1.24 bits per heavy atom. The van der Waals surface area contributed by atoms with E-state index in [1.807, 2.05) is 0 Å². The summed E-state index contributed by atoms with van der Waals surface area (Å²) >= 11 is 0. The van der Waals surface area contributed by atoms with E-state index < -0.39 is 13.1 Å². The third-order valence-electron chi connectivity index (χ3n) is 1.85. The molecule has 0 fully saturated rings. The molecule has 0 aliphatic heterocycles. The summed E-state index contributed by atoms with van der Waals surface area (Å²) in [6.07, 6.45) is 5.55. The fourth-order valence-electron chi connectivity index (χ4n) is 1.55. The van der Waals surface area contributed by atoms with Gasteiger partial charge in [-0.2, -0.15) is 0 Å². The zero-order valence-corrected chi connectivity index (χ0v) is 11.4. The van der Waals surface area contributed by atoms with E-state index in [1.165, 1.54) is 0 Å². The molecule has 0 heterocycles. The van der Waals surface area contributed by atoms with Crippen molar-refractivity contribution in [2.45, 2.75) is 13.8 Å². The largest absolute Gasteiger partial charge is 0.452 e. The Labute approximate surface area is 103 Å². The topological polar surface area (TPSA) is 43.4 Å². The SMILES string of the molecule is C#CCOC(=O)CP(=O)(CC(=C)C)CC(=C)C. The maximum absolute atomic E-state index is 12.5. The third kappa shape index (κ3) is 7.60. The molecule has 0 rings (SSSR count). The van der Waals surface area contributed by atoms with Crippen LogP contribution in [0.3, 0.4) is 0 Å². The van der Waals surface area contributed by atoms with Crippen LogP contribution < -0.4 is 0 Å². The van der Waals surface area contributed by atoms with E-state index in [2.05, 4.69) is 19.1 Å². The van der Waals surface area contributed by atoms with Crippen molar-refractivity contribution in [1.29, 1.82) is 0 Å². The van der Waals surface area contributed by atoms with E-state index >= 15 is 0 Å². The van der Waals surface area contributed by atoms with Crippen molar-refractivity contribution in [1.82, 2.24) is 0 Å². The minimum absolute atomic E-state index is 0.0843. The highest BCUT2D eigenvalue weighted by atomic mass is 31.2. The lowest BCUT2D eigenvalue weighted by Crippen LogP contribution is -2.14. The van der Waals surface area contributed by atoms with Gasteiger partial charge in [0.05, 0.1) is 6.16 Å². The number of ether oxygens (including phenoxy) is 1. The number of rotatable bonds is 7. The van der Waals surface area contributed by atoms with E-state index in [4.69, 9.17) is 11.2 Å². The van der Waals surface area contributed by atoms with Gasteiger partial charge in [-0.3, -0.25) is 4.79 Å². The first-order valence-corrected chi connectivity index (χ1v) is 7.50. The highest BCUT2D eigenvalue weighted by molar-refractivity contribution is 7.65. The van der Waals surface area contributed by atoms with Gasteiger partial charge in [0.15, 0.2) is 6.61 Å². The van der Waals surface area contributed by atoms with E-state index in [0.29, 0.717) is 12.3 Å². The minimum atomic E-state index is -2.67. The Hall–Kier alpha value is -1.26. The van der Waals surface area contributed by atoms with Gasteiger partial charge in [0, 0.05) is 12.3 Å². The minimum Gasteiger partial charge on any atom is -0.452 e. The van der Waals surface area contributed by atoms with Gasteiger partial charge < -0.3 is 9.30 Å². The van der Waals surface area contributed by atoms with E-state index in [-0.39, 0.29) is 12.8 Å². The number of allylic oxidation sites excluding steroid dienone is 2. The average Bonchev–Trinajstić information content (AvgIpc) is 2.10. The van der Waals surface area contributed by atoms with E-state index in [1.54, 1.807) is 13.8 Å². The number of carbonyl (C=O) groups is 1. The average molecular weight is 254 g/mol. The summed E-state index contributed by atoms with van der Waals surface area (Å²) in [5, 5.41) is 0. The van der Waals surface area contributed by atoms with Crippen LogP contribution in [0.25, 0.3) is 0 Å². The van der Waals surface area contributed by atoms with Crippen LogP contribution in [0.1, 0.15) is 13.8 Å². The molecule has 0 aliphatic rings. The van der Waals surface area contributed by atoms with Crippen LogP contribution in [-0.2, 0) is 14.1 Å². The van der Waals surface area contributed by atoms with Crippen LogP contribution in [0.5, 0.6) is 0 Å². The molecule has 0 spiro atoms. The van der Waals surface area contributed by atoms with Crippen molar-refractivity contribution in [2.24, 2.45) is 0 Å². The van der Waals surface area contributed by atoms with Gasteiger partial charge in [-0.1, -0.05) is 30.2 Å². The second-order valence-corrected chi connectivity index (χ2v) is 7.38. The van der Waals surface area contributed by atoms with Crippen LogP contribution in [0.15, 0.2) is 24.3 Å². The second-order valence-electron chi connectivity index (χ2n) is 4.31. The number of hydrogen-bond donors (Lipinski definition) is 0. The number of terminal acetylenes is 1. The molecule has 0 N–H and O–H groups in total. The van der Waals surface area contributed by atoms with Crippen LogP contribution in [-0.4, -0.2) is 31.1 Å². The molecule has 17 heavy (non-hydrogen) atoms. The summed E-state index contributed by atoms with van der Waals surface area (Å²) in [7, 11) is -2.67. The molecule has 0 aromatic carbocycles. The van der Waals surface area contributed by atoms with Gasteiger partial charge in [0.2, 0.25) is 0 Å². The van der Waals surface area contributed by atoms with Crippen LogP contribution in [0.4, 0.5) is 0 Å². The van der Waals surface area contributed by atoms with Crippen molar-refractivity contribution >= 4 is 13.1 Å². The van der Waals surface area contributed by atoms with Gasteiger partial charge in [0.25, 0.3) is 0 Å². The van der Waals surface area contributed by atoms with Crippen molar-refractivity contribution in [3.63, 3.8) is 0 Å². The fourth-order valence-corrected chi connectivity index (χ4v) is 4.42. The van der Waals surface area contributed by atoms with Gasteiger partial charge in [-0.15, -0.1) is 6.42 Å². The number of esters is 1. The van der Waals surface area contributed by atoms with Crippen molar-refractivity contribution in [3.8, 4) is 12.3 Å². The molecule has 0 radical (unpaired) electrons. The molecule has 0 aromatic heterocycles. The molecule has 4 heteroatoms. The molecule has 3 nitrogen and oxygen atoms in total. The summed E-state index contributed by atoms with van der Waals surface area (Å²) in [5.74, 6) is 1.68. The van der Waals surface area contributed by atoms with E-state index in [9.17, 15) is 9.36 Å². The molecule has 94 valence electrons. The maximum Gasteiger partial charge on any atom is 0.314 e. The van der Waals surface area contributed by atoms with Crippen LogP contribution in [0, 0.1) is 12.3 Å². The zero-order chi connectivity index (χ0) is 13.5. The lowest BCUT2D eigenvalue weighted by atomic mass is 10.4. The molecule has 0 saturated heterocycles. The zero-order valence-electron chi connectivity index (χ0n) is 10.5. The molecular formula is C13H19O3P. The lowest BCUT2D eigenvalue weighted by molar-refractivity contribution is -0.139. The molecule has 0 saturated carbocycles. The maximum atomic E-state index is 12.5. The molecule has 0 unspecified atom stereocenters. The summed E-state index contributed by atoms with van der Waals surface area (Å²) in [4.78, 5) is 11.4. The Balaban J connectivity index is 4.65. The first-order chi connectivity index (χ1) is 7.79. The van der Waals surface area contributed by atoms with Crippen LogP contribution >= 0.6 is 7.14 Å². The Morgan fingerprint density at radius 2 is 1.71 bits per heavy atom. The Morgan fingerprint density at radius 3 is 2.06 bits per heavy atom. The first-order valence-electron chi connectivity index (χ1n) is 5.24. The molecule has 0 atom stereocenters. The summed E-state index contributed by atoms with van der Waals surface area (Å²) in [6.45, 7) is 11.0. The lowest BCUT2D eigenvalue weighted by Gasteiger charge is -2.17. The highest BCUT2D eigenvalue weighted by Crippen LogP contribution is 2.48. The smallest absolute Gasteiger partial charge is 0.314 e. The molecular weight excluding hydrogens is 235 g/mol. The van der Waals surface area contributed by atoms with Gasteiger partial charge in [-0.25, -0.2) is 0 Å². The standard InChI is InChI=1S/C13H19O3P/c1-6-7-16-13(14)10-17(15,8-11(2)3)9-12(4)5/h1H,2,4,7-10H2,3,5H3. The van der Waals surface area contributed by atoms with Crippen molar-refractivity contribution < 1.29 is 14.1 Å². The van der Waals surface area contributed by atoms with Crippen LogP contribution in [0.2, 0.25) is 0 Å². The van der Waals surface area contributed by atoms with Gasteiger partial charge in [0.1, 0.15) is 7.14 Å². The second kappa shape index (κ2) is 7.14. The molecule has 0 aromatic rings. The number of carbonyl (C=O) groups excluding carboxylic acids is 1. The van der Waals surface area contributed by atoms with Crippen molar-refractivity contribution in [3.05, 3.63) is 24.3 Å². The monoisotopic (exact) mass is 254 g/mol. The summed E-state index contributed by atoms with van der Waals surface area (Å²) < 4.78 is 17.3. The summed E-state index contributed by atoms with van der Waals surface area (Å²) in [5.41, 5.74) is 1.58. The molecule has 0 amide bonds. The number of hydrogen-bond acceptors (Lipinski definition) is 3. The first kappa shape index (κ1) is 15.7. The van der Waals surface area contributed by atoms with Gasteiger partial charge in [-0.05, 0) is 13.8 Å². The summed E-state index contributed by atoms with van der Waals surface area (Å²) in [6, 6.07) is 0. The fraction of sp³-hybridized carbons (Fsp3) is 0.462. The third-order valence-corrected chi connectivity index (χ3v) is 4.92. The Kier molecular flexibility index (Phi) is 6.61. The molecule has 0 bridgehead atoms. The molecule has 0 aliphatic carbocycles. The highest BCUT2D eigenvalue weighted by Gasteiger charge is 2.26. The predicted molar refractivity (Wildman–Crippen MR) is 71.6 cm³/mol. The van der Waals surface area contributed by atoms with E-state index in [0.717, 1.165) is 11.1 Å². The Bertz CT molecular complexity index is 381. The van der Waals surface area contributed by atoms with Gasteiger partial charge >= 0.3 is 5.97 Å². The predicted octanol–water partition coefficient (Wildman–Crippen LogP) is 2.68. The van der Waals surface area contributed by atoms with Crippen molar-refractivity contribution in [2.75, 3.05) is 25.1 Å². The normalized spacial score (nSPS) is 10.4.